The number of nitrogens with zero attached hydrogens (tertiary/aromatic N) is 1. The van der Waals surface area contributed by atoms with Crippen molar-refractivity contribution in [2.75, 3.05) is 11.9 Å². The number of amides is 1. The van der Waals surface area contributed by atoms with Gasteiger partial charge < -0.3 is 4.74 Å². The summed E-state index contributed by atoms with van der Waals surface area (Å²) in [5.74, 6) is 0. The average molecular weight is 286 g/mol. The van der Waals surface area contributed by atoms with E-state index >= 15 is 0 Å². The first-order valence-corrected chi connectivity index (χ1v) is 6.29. The lowest BCUT2D eigenvalue weighted by Gasteiger charge is -2.12. The SMILES string of the molecule is C=C/C=C\C/C=C(\C)N1CC(CBr)OC1=O. The molecule has 0 spiro atoms. The fourth-order valence-electron chi connectivity index (χ4n) is 1.41. The summed E-state index contributed by atoms with van der Waals surface area (Å²) >= 11 is 3.31. The smallest absolute Gasteiger partial charge is 0.414 e. The maximum Gasteiger partial charge on any atom is 0.414 e. The standard InChI is InChI=1S/C12H16BrNO2/c1-3-4-5-6-7-10(2)14-9-11(8-13)16-12(14)15/h3-5,7,11H,1,6,8-9H2,2H3/b5-4-,10-7+. The molecule has 1 aliphatic rings. The maximum absolute atomic E-state index is 11.5. The van der Waals surface area contributed by atoms with Crippen LogP contribution in [-0.2, 0) is 4.74 Å². The topological polar surface area (TPSA) is 29.5 Å². The summed E-state index contributed by atoms with van der Waals surface area (Å²) in [5, 5.41) is 0.679. The predicted molar refractivity (Wildman–Crippen MR) is 68.5 cm³/mol. The Morgan fingerprint density at radius 1 is 1.75 bits per heavy atom. The summed E-state index contributed by atoms with van der Waals surface area (Å²) in [6.07, 6.45) is 8.09. The largest absolute Gasteiger partial charge is 0.443 e. The zero-order valence-electron chi connectivity index (χ0n) is 9.36. The number of halogens is 1. The minimum Gasteiger partial charge on any atom is -0.443 e. The zero-order chi connectivity index (χ0) is 12.0. The van der Waals surface area contributed by atoms with Crippen LogP contribution in [0.2, 0.25) is 0 Å². The first-order valence-electron chi connectivity index (χ1n) is 5.17. The third kappa shape index (κ3) is 3.52. The van der Waals surface area contributed by atoms with E-state index in [2.05, 4.69) is 22.5 Å². The van der Waals surface area contributed by atoms with Crippen molar-refractivity contribution in [2.45, 2.75) is 19.4 Å². The molecule has 1 saturated heterocycles. The summed E-state index contributed by atoms with van der Waals surface area (Å²) in [4.78, 5) is 13.1. The molecule has 16 heavy (non-hydrogen) atoms. The minimum atomic E-state index is -0.258. The highest BCUT2D eigenvalue weighted by atomic mass is 79.9. The molecule has 0 radical (unpaired) electrons. The van der Waals surface area contributed by atoms with Crippen LogP contribution in [0.3, 0.4) is 0 Å². The third-order valence-electron chi connectivity index (χ3n) is 2.29. The number of rotatable bonds is 5. The summed E-state index contributed by atoms with van der Waals surface area (Å²) in [5.41, 5.74) is 0.933. The van der Waals surface area contributed by atoms with Crippen molar-refractivity contribution in [2.24, 2.45) is 0 Å². The molecule has 88 valence electrons. The first-order chi connectivity index (χ1) is 7.69. The van der Waals surface area contributed by atoms with Crippen LogP contribution in [0.15, 0.2) is 36.6 Å². The Kier molecular flexibility index (Phi) is 5.32. The van der Waals surface area contributed by atoms with E-state index in [4.69, 9.17) is 4.74 Å². The maximum atomic E-state index is 11.5. The highest BCUT2D eigenvalue weighted by Gasteiger charge is 2.30. The van der Waals surface area contributed by atoms with Crippen LogP contribution in [-0.4, -0.2) is 29.0 Å². The van der Waals surface area contributed by atoms with Crippen LogP contribution in [0.25, 0.3) is 0 Å². The van der Waals surface area contributed by atoms with Crippen LogP contribution >= 0.6 is 15.9 Å². The normalized spacial score (nSPS) is 21.6. The Balaban J connectivity index is 2.53. The number of hydrogen-bond acceptors (Lipinski definition) is 2. The molecule has 0 aromatic heterocycles. The van der Waals surface area contributed by atoms with Gasteiger partial charge in [0.1, 0.15) is 6.10 Å². The van der Waals surface area contributed by atoms with Gasteiger partial charge in [0, 0.05) is 11.0 Å². The fourth-order valence-corrected chi connectivity index (χ4v) is 1.75. The number of allylic oxidation sites excluding steroid dienone is 5. The number of hydrogen-bond donors (Lipinski definition) is 0. The molecule has 0 N–H and O–H groups in total. The van der Waals surface area contributed by atoms with Gasteiger partial charge in [0.25, 0.3) is 0 Å². The van der Waals surface area contributed by atoms with Crippen LogP contribution in [0.1, 0.15) is 13.3 Å². The fraction of sp³-hybridized carbons (Fsp3) is 0.417. The molecule has 1 fully saturated rings. The molecule has 1 atom stereocenters. The molecule has 1 unspecified atom stereocenters. The van der Waals surface area contributed by atoms with Crippen molar-refractivity contribution in [1.29, 1.82) is 0 Å². The van der Waals surface area contributed by atoms with Gasteiger partial charge in [0.05, 0.1) is 6.54 Å². The van der Waals surface area contributed by atoms with Crippen molar-refractivity contribution in [1.82, 2.24) is 4.90 Å². The van der Waals surface area contributed by atoms with Gasteiger partial charge in [-0.3, -0.25) is 4.90 Å². The number of carbonyl (C=O) groups is 1. The van der Waals surface area contributed by atoms with E-state index in [-0.39, 0.29) is 12.2 Å². The van der Waals surface area contributed by atoms with Gasteiger partial charge in [-0.15, -0.1) is 0 Å². The summed E-state index contributed by atoms with van der Waals surface area (Å²) in [6, 6.07) is 0. The van der Waals surface area contributed by atoms with E-state index in [1.54, 1.807) is 11.0 Å². The van der Waals surface area contributed by atoms with E-state index in [1.807, 2.05) is 25.2 Å². The molecule has 1 rings (SSSR count). The second-order valence-electron chi connectivity index (χ2n) is 3.52. The number of cyclic esters (lactones) is 1. The molecule has 3 nitrogen and oxygen atoms in total. The van der Waals surface area contributed by atoms with Crippen molar-refractivity contribution in [3.05, 3.63) is 36.6 Å². The second-order valence-corrected chi connectivity index (χ2v) is 4.16. The monoisotopic (exact) mass is 285 g/mol. The summed E-state index contributed by atoms with van der Waals surface area (Å²) < 4.78 is 5.14. The number of ether oxygens (including phenoxy) is 1. The van der Waals surface area contributed by atoms with Gasteiger partial charge in [-0.2, -0.15) is 0 Å². The minimum absolute atomic E-state index is 0.0421. The highest BCUT2D eigenvalue weighted by molar-refractivity contribution is 9.09. The Morgan fingerprint density at radius 2 is 2.50 bits per heavy atom. The molecule has 0 aromatic carbocycles. The molecule has 4 heteroatoms. The first kappa shape index (κ1) is 13.0. The van der Waals surface area contributed by atoms with E-state index < -0.39 is 0 Å². The Hall–Kier alpha value is -1.03. The highest BCUT2D eigenvalue weighted by Crippen LogP contribution is 2.18. The lowest BCUT2D eigenvalue weighted by Crippen LogP contribution is -2.23. The Bertz CT molecular complexity index is 323. The average Bonchev–Trinajstić information content (AvgIpc) is 2.66. The summed E-state index contributed by atoms with van der Waals surface area (Å²) in [7, 11) is 0. The van der Waals surface area contributed by atoms with Crippen molar-refractivity contribution >= 4 is 22.0 Å². The van der Waals surface area contributed by atoms with Crippen molar-refractivity contribution < 1.29 is 9.53 Å². The number of carbonyl (C=O) groups excluding carboxylic acids is 1. The van der Waals surface area contributed by atoms with E-state index in [0.29, 0.717) is 11.9 Å². The quantitative estimate of drug-likeness (QED) is 0.573. The van der Waals surface area contributed by atoms with Crippen LogP contribution < -0.4 is 0 Å². The Labute approximate surface area is 105 Å². The van der Waals surface area contributed by atoms with Crippen molar-refractivity contribution in [3.8, 4) is 0 Å². The predicted octanol–water partition coefficient (Wildman–Crippen LogP) is 3.24. The lowest BCUT2D eigenvalue weighted by molar-refractivity contribution is 0.143. The molecule has 1 heterocycles. The Morgan fingerprint density at radius 3 is 3.06 bits per heavy atom. The van der Waals surface area contributed by atoms with E-state index in [9.17, 15) is 4.79 Å². The van der Waals surface area contributed by atoms with Gasteiger partial charge in [-0.05, 0) is 13.3 Å². The van der Waals surface area contributed by atoms with Crippen LogP contribution in [0.4, 0.5) is 4.79 Å². The second kappa shape index (κ2) is 6.53. The van der Waals surface area contributed by atoms with Crippen molar-refractivity contribution in [3.63, 3.8) is 0 Å². The third-order valence-corrected chi connectivity index (χ3v) is 3.02. The number of alkyl halides is 1. The van der Waals surface area contributed by atoms with Gasteiger partial charge in [0.2, 0.25) is 0 Å². The molecule has 0 saturated carbocycles. The molecule has 0 aromatic rings. The van der Waals surface area contributed by atoms with Gasteiger partial charge in [-0.1, -0.05) is 46.8 Å². The zero-order valence-corrected chi connectivity index (χ0v) is 10.9. The molecule has 0 bridgehead atoms. The van der Waals surface area contributed by atoms with E-state index in [1.165, 1.54) is 0 Å². The summed E-state index contributed by atoms with van der Waals surface area (Å²) in [6.45, 7) is 6.13. The lowest BCUT2D eigenvalue weighted by atomic mass is 10.3. The molecule has 1 aliphatic heterocycles. The molecule has 0 aliphatic carbocycles. The molecule has 1 amide bonds. The van der Waals surface area contributed by atoms with Gasteiger partial charge >= 0.3 is 6.09 Å². The molecular weight excluding hydrogens is 270 g/mol. The van der Waals surface area contributed by atoms with Crippen LogP contribution in [0, 0.1) is 0 Å². The van der Waals surface area contributed by atoms with Gasteiger partial charge in [0.15, 0.2) is 0 Å². The van der Waals surface area contributed by atoms with E-state index in [0.717, 1.165) is 12.1 Å². The van der Waals surface area contributed by atoms with Gasteiger partial charge in [-0.25, -0.2) is 4.79 Å². The van der Waals surface area contributed by atoms with Crippen LogP contribution in [0.5, 0.6) is 0 Å². The molecular formula is C12H16BrNO2.